The molecule has 10 aromatic carbocycles. The number of hydrogen-bond donors (Lipinski definition) is 0. The van der Waals surface area contributed by atoms with E-state index in [1.54, 1.807) is 0 Å². The molecule has 0 aliphatic rings. The van der Waals surface area contributed by atoms with E-state index in [0.29, 0.717) is 17.6 Å². The standard InChI is InChI=1S/C61H37N5S/c1-3-18-39(19-4-1)43-23-9-11-27-51(43)59-62-60(52-28-12-10-24-44(52)40-20-5-2-6-21-40)64-61(63-59)66-54-30-16-14-26-46(54)48-34-36-50-49-35-33-47-45-25-13-15-29-53(45)65(55(47)57(49)67-58(50)56(48)66)42-32-31-38-17-7-8-22-41(38)37-42/h1-37H. The predicted octanol–water partition coefficient (Wildman–Crippen LogP) is 16.3. The third kappa shape index (κ3) is 5.83. The van der Waals surface area contributed by atoms with Gasteiger partial charge in [0.25, 0.3) is 0 Å². The molecule has 5 nitrogen and oxygen atoms in total. The fourth-order valence-corrected chi connectivity index (χ4v) is 11.8. The van der Waals surface area contributed by atoms with Crippen molar-refractivity contribution in [2.24, 2.45) is 0 Å². The van der Waals surface area contributed by atoms with Crippen LogP contribution in [0.15, 0.2) is 224 Å². The van der Waals surface area contributed by atoms with Crippen molar-refractivity contribution >= 4 is 85.9 Å². The minimum absolute atomic E-state index is 0.567. The molecule has 4 aromatic heterocycles. The monoisotopic (exact) mass is 871 g/mol. The number of hydrogen-bond acceptors (Lipinski definition) is 4. The Bertz CT molecular complexity index is 4180. The minimum atomic E-state index is 0.567. The van der Waals surface area contributed by atoms with Crippen LogP contribution in [0.3, 0.4) is 0 Å². The summed E-state index contributed by atoms with van der Waals surface area (Å²) in [5.74, 6) is 1.79. The van der Waals surface area contributed by atoms with Gasteiger partial charge in [0, 0.05) is 49.1 Å². The summed E-state index contributed by atoms with van der Waals surface area (Å²) in [6.45, 7) is 0. The van der Waals surface area contributed by atoms with E-state index >= 15 is 0 Å². The molecule has 0 radical (unpaired) electrons. The van der Waals surface area contributed by atoms with Crippen molar-refractivity contribution in [3.05, 3.63) is 224 Å². The molecule has 0 fully saturated rings. The molecule has 0 unspecified atom stereocenters. The van der Waals surface area contributed by atoms with Crippen LogP contribution in [0.4, 0.5) is 0 Å². The lowest BCUT2D eigenvalue weighted by Crippen LogP contribution is -2.07. The third-order valence-electron chi connectivity index (χ3n) is 13.4. The van der Waals surface area contributed by atoms with E-state index in [1.807, 2.05) is 11.3 Å². The lowest BCUT2D eigenvalue weighted by Gasteiger charge is -2.15. The number of rotatable bonds is 6. The molecule has 0 saturated carbocycles. The second-order valence-electron chi connectivity index (χ2n) is 17.1. The van der Waals surface area contributed by atoms with Crippen molar-refractivity contribution in [2.75, 3.05) is 0 Å². The first-order valence-corrected chi connectivity index (χ1v) is 23.4. The fraction of sp³-hybridized carbons (Fsp3) is 0. The van der Waals surface area contributed by atoms with Gasteiger partial charge in [0.2, 0.25) is 5.95 Å². The molecule has 4 heterocycles. The van der Waals surface area contributed by atoms with Crippen LogP contribution in [0, 0.1) is 0 Å². The van der Waals surface area contributed by atoms with E-state index in [-0.39, 0.29) is 0 Å². The molecule has 0 amide bonds. The Morgan fingerprint density at radius 3 is 1.34 bits per heavy atom. The Morgan fingerprint density at radius 2 is 0.761 bits per heavy atom. The first kappa shape index (κ1) is 37.6. The molecular formula is C61H37N5S. The quantitative estimate of drug-likeness (QED) is 0.167. The van der Waals surface area contributed by atoms with Crippen molar-refractivity contribution in [1.29, 1.82) is 0 Å². The largest absolute Gasteiger partial charge is 0.308 e. The van der Waals surface area contributed by atoms with Gasteiger partial charge in [0.1, 0.15) is 0 Å². The molecule has 6 heteroatoms. The molecule has 312 valence electrons. The van der Waals surface area contributed by atoms with Crippen LogP contribution in [0.1, 0.15) is 0 Å². The van der Waals surface area contributed by atoms with Crippen LogP contribution in [-0.4, -0.2) is 24.1 Å². The number of benzene rings is 10. The summed E-state index contributed by atoms with van der Waals surface area (Å²) in [5, 5.41) is 9.64. The van der Waals surface area contributed by atoms with Gasteiger partial charge in [-0.3, -0.25) is 4.57 Å². The normalized spacial score (nSPS) is 11.9. The average molecular weight is 872 g/mol. The Balaban J connectivity index is 1.09. The first-order chi connectivity index (χ1) is 33.2. The Morgan fingerprint density at radius 1 is 0.313 bits per heavy atom. The number of nitrogens with zero attached hydrogens (tertiary/aromatic N) is 5. The average Bonchev–Trinajstić information content (AvgIpc) is 4.07. The molecule has 0 atom stereocenters. The van der Waals surface area contributed by atoms with Crippen molar-refractivity contribution < 1.29 is 0 Å². The summed E-state index contributed by atoms with van der Waals surface area (Å²) in [7, 11) is 0. The Kier molecular flexibility index (Phi) is 8.38. The molecular weight excluding hydrogens is 835 g/mol. The summed E-state index contributed by atoms with van der Waals surface area (Å²) >= 11 is 1.86. The number of aromatic nitrogens is 5. The molecule has 0 N–H and O–H groups in total. The first-order valence-electron chi connectivity index (χ1n) is 22.6. The Labute approximate surface area is 389 Å². The number of para-hydroxylation sites is 2. The number of thiophene rings is 1. The van der Waals surface area contributed by atoms with E-state index in [4.69, 9.17) is 15.0 Å². The highest BCUT2D eigenvalue weighted by molar-refractivity contribution is 7.27. The molecule has 14 aromatic rings. The van der Waals surface area contributed by atoms with Gasteiger partial charge in [0.15, 0.2) is 11.6 Å². The van der Waals surface area contributed by atoms with Gasteiger partial charge in [-0.1, -0.05) is 200 Å². The summed E-state index contributed by atoms with van der Waals surface area (Å²) in [4.78, 5) is 16.4. The van der Waals surface area contributed by atoms with Crippen LogP contribution < -0.4 is 0 Å². The fourth-order valence-electron chi connectivity index (χ4n) is 10.4. The molecule has 67 heavy (non-hydrogen) atoms. The molecule has 0 saturated heterocycles. The van der Waals surface area contributed by atoms with Gasteiger partial charge < -0.3 is 4.57 Å². The van der Waals surface area contributed by atoms with E-state index < -0.39 is 0 Å². The summed E-state index contributed by atoms with van der Waals surface area (Å²) in [6, 6.07) is 80.1. The maximum absolute atomic E-state index is 5.52. The van der Waals surface area contributed by atoms with Crippen molar-refractivity contribution in [3.63, 3.8) is 0 Å². The van der Waals surface area contributed by atoms with Crippen molar-refractivity contribution in [3.8, 4) is 56.7 Å². The van der Waals surface area contributed by atoms with E-state index in [2.05, 4.69) is 234 Å². The zero-order valence-electron chi connectivity index (χ0n) is 36.0. The maximum atomic E-state index is 5.52. The third-order valence-corrected chi connectivity index (χ3v) is 14.6. The lowest BCUT2D eigenvalue weighted by molar-refractivity contribution is 0.956. The van der Waals surface area contributed by atoms with Crippen LogP contribution in [0.2, 0.25) is 0 Å². The van der Waals surface area contributed by atoms with Gasteiger partial charge >= 0.3 is 0 Å². The molecule has 0 aliphatic carbocycles. The SMILES string of the molecule is c1ccc(-c2ccccc2-c2nc(-c3ccccc3-c3ccccc3)nc(-n3c4ccccc4c4ccc5c6ccc7c8ccccc8n(-c8ccc9ccccc9c8)c7c6sc5c43)n2)cc1. The van der Waals surface area contributed by atoms with Gasteiger partial charge in [-0.05, 0) is 57.3 Å². The van der Waals surface area contributed by atoms with Crippen LogP contribution >= 0.6 is 11.3 Å². The minimum Gasteiger partial charge on any atom is -0.308 e. The summed E-state index contributed by atoms with van der Waals surface area (Å²) in [5.41, 5.74) is 11.9. The van der Waals surface area contributed by atoms with Crippen LogP contribution in [-0.2, 0) is 0 Å². The second kappa shape index (κ2) is 14.9. The van der Waals surface area contributed by atoms with Gasteiger partial charge in [-0.25, -0.2) is 4.98 Å². The van der Waals surface area contributed by atoms with Crippen LogP contribution in [0.5, 0.6) is 0 Å². The van der Waals surface area contributed by atoms with Gasteiger partial charge in [0.05, 0.1) is 31.5 Å². The smallest absolute Gasteiger partial charge is 0.238 e. The zero-order chi connectivity index (χ0) is 44.0. The second-order valence-corrected chi connectivity index (χ2v) is 18.1. The van der Waals surface area contributed by atoms with Gasteiger partial charge in [-0.15, -0.1) is 11.3 Å². The van der Waals surface area contributed by atoms with Crippen LogP contribution in [0.25, 0.3) is 131 Å². The lowest BCUT2D eigenvalue weighted by atomic mass is 9.98. The van der Waals surface area contributed by atoms with E-state index in [9.17, 15) is 0 Å². The predicted molar refractivity (Wildman–Crippen MR) is 281 cm³/mol. The van der Waals surface area contributed by atoms with E-state index in [0.717, 1.165) is 60.9 Å². The molecule has 0 bridgehead atoms. The highest BCUT2D eigenvalue weighted by Crippen LogP contribution is 2.47. The summed E-state index contributed by atoms with van der Waals surface area (Å²) < 4.78 is 7.19. The van der Waals surface area contributed by atoms with Gasteiger partial charge in [-0.2, -0.15) is 9.97 Å². The van der Waals surface area contributed by atoms with Crippen molar-refractivity contribution in [2.45, 2.75) is 0 Å². The van der Waals surface area contributed by atoms with E-state index in [1.165, 1.54) is 52.8 Å². The Hall–Kier alpha value is -8.71. The highest BCUT2D eigenvalue weighted by Gasteiger charge is 2.25. The van der Waals surface area contributed by atoms with Crippen molar-refractivity contribution in [1.82, 2.24) is 24.1 Å². The topological polar surface area (TPSA) is 48.5 Å². The summed E-state index contributed by atoms with van der Waals surface area (Å²) in [6.07, 6.45) is 0. The molecule has 0 spiro atoms. The number of fused-ring (bicyclic) bond motifs is 12. The maximum Gasteiger partial charge on any atom is 0.238 e. The highest BCUT2D eigenvalue weighted by atomic mass is 32.1. The molecule has 0 aliphatic heterocycles. The zero-order valence-corrected chi connectivity index (χ0v) is 36.8. The molecule has 14 rings (SSSR count).